The molecule has 0 nitrogen and oxygen atoms in total. The van der Waals surface area contributed by atoms with Gasteiger partial charge in [-0.15, -0.1) is 0 Å². The first-order valence-corrected chi connectivity index (χ1v) is 36.2. The maximum atomic E-state index is 5.97. The van der Waals surface area contributed by atoms with Gasteiger partial charge in [0.05, 0.1) is 34.0 Å². The summed E-state index contributed by atoms with van der Waals surface area (Å²) in [5.41, 5.74) is 8.85. The Hall–Kier alpha value is 1.67. The van der Waals surface area contributed by atoms with Gasteiger partial charge in [0.15, 0.2) is 0 Å². The van der Waals surface area contributed by atoms with E-state index >= 15 is 0 Å². The van der Waals surface area contributed by atoms with Crippen LogP contribution in [0.3, 0.4) is 0 Å². The van der Waals surface area contributed by atoms with E-state index in [9.17, 15) is 0 Å². The second kappa shape index (κ2) is 25.3. The summed E-state index contributed by atoms with van der Waals surface area (Å²) >= 11 is -1.79. The molecule has 6 fully saturated rings. The predicted octanol–water partition coefficient (Wildman–Crippen LogP) is 17.0. The molecule has 53 heavy (non-hydrogen) atoms. The average molecular weight is 913 g/mol. The molecule has 0 heterocycles. The van der Waals surface area contributed by atoms with Crippen molar-refractivity contribution in [3.63, 3.8) is 0 Å². The first-order valence-electron chi connectivity index (χ1n) is 23.9. The molecule has 0 radical (unpaired) electrons. The van der Waals surface area contributed by atoms with Crippen LogP contribution < -0.4 is 0 Å². The summed E-state index contributed by atoms with van der Waals surface area (Å²) in [6.45, 7) is 7.03. The van der Waals surface area contributed by atoms with Crippen molar-refractivity contribution in [2.75, 3.05) is 0 Å². The molecule has 0 N–H and O–H groups in total. The Labute approximate surface area is 347 Å². The van der Waals surface area contributed by atoms with E-state index in [0.717, 1.165) is 0 Å². The SMILES string of the molecule is C1CCC([PH+](C2CCCCC2)C2CCCCC2)CC1.C1CCC([PH+](C2CCCCC2)C2CCCCC2)CC1.C[Si](C)(C)C(=[C]=[Ru]([Cl])[Cl])C1=CCCCC1. The Morgan fingerprint density at radius 1 is 0.472 bits per heavy atom. The molecular weight excluding hydrogens is 827 g/mol. The fourth-order valence-electron chi connectivity index (χ4n) is 12.4. The third kappa shape index (κ3) is 15.7. The molecule has 0 unspecified atom stereocenters. The third-order valence-electron chi connectivity index (χ3n) is 15.0. The molecule has 6 heteroatoms. The van der Waals surface area contributed by atoms with Gasteiger partial charge < -0.3 is 0 Å². The third-order valence-corrected chi connectivity index (χ3v) is 28.0. The Bertz CT molecular complexity index is 964. The van der Waals surface area contributed by atoms with E-state index in [0.29, 0.717) is 0 Å². The van der Waals surface area contributed by atoms with Gasteiger partial charge in [0, 0.05) is 15.8 Å². The van der Waals surface area contributed by atoms with Gasteiger partial charge in [0.1, 0.15) is 0 Å². The van der Waals surface area contributed by atoms with Gasteiger partial charge in [-0.25, -0.2) is 0 Å². The first kappa shape index (κ1) is 45.7. The van der Waals surface area contributed by atoms with Crippen LogP contribution in [0.5, 0.6) is 0 Å². The van der Waals surface area contributed by atoms with Crippen LogP contribution >= 0.6 is 35.2 Å². The molecular formula is C47H86Cl2P2RuSi+2. The van der Waals surface area contributed by atoms with E-state index in [4.69, 9.17) is 19.4 Å². The van der Waals surface area contributed by atoms with Crippen molar-refractivity contribution in [2.45, 2.75) is 272 Å². The van der Waals surface area contributed by atoms with Crippen LogP contribution in [0, 0.1) is 0 Å². The molecule has 7 aliphatic carbocycles. The second-order valence-corrected chi connectivity index (χ2v) is 37.1. The molecule has 6 saturated carbocycles. The fourth-order valence-corrected chi connectivity index (χ4v) is 28.9. The van der Waals surface area contributed by atoms with Gasteiger partial charge in [-0.1, -0.05) is 38.5 Å². The Balaban J connectivity index is 0.000000155. The van der Waals surface area contributed by atoms with E-state index in [-0.39, 0.29) is 15.8 Å². The molecule has 0 atom stereocenters. The Morgan fingerprint density at radius 3 is 0.962 bits per heavy atom. The van der Waals surface area contributed by atoms with Gasteiger partial charge in [-0.3, -0.25) is 0 Å². The van der Waals surface area contributed by atoms with Crippen molar-refractivity contribution < 1.29 is 13.5 Å². The van der Waals surface area contributed by atoms with Crippen molar-refractivity contribution >= 4 is 47.6 Å². The molecule has 0 saturated heterocycles. The van der Waals surface area contributed by atoms with E-state index in [1.54, 1.807) is 193 Å². The number of hydrogen-bond donors (Lipinski definition) is 0. The quantitative estimate of drug-likeness (QED) is 0.168. The summed E-state index contributed by atoms with van der Waals surface area (Å²) in [5.74, 6) is 0. The average Bonchev–Trinajstić information content (AvgIpc) is 3.20. The predicted molar refractivity (Wildman–Crippen MR) is 248 cm³/mol. The zero-order chi connectivity index (χ0) is 37.3. The topological polar surface area (TPSA) is 0 Å². The zero-order valence-corrected chi connectivity index (χ0v) is 41.4. The monoisotopic (exact) mass is 912 g/mol. The summed E-state index contributed by atoms with van der Waals surface area (Å²) in [6, 6.07) is 0. The van der Waals surface area contributed by atoms with E-state index < -0.39 is 21.6 Å². The van der Waals surface area contributed by atoms with Crippen molar-refractivity contribution in [1.29, 1.82) is 0 Å². The van der Waals surface area contributed by atoms with Crippen molar-refractivity contribution in [3.8, 4) is 0 Å². The molecule has 0 aromatic rings. The molecule has 0 aliphatic heterocycles. The van der Waals surface area contributed by atoms with E-state index in [1.807, 2.05) is 0 Å². The Morgan fingerprint density at radius 2 is 0.755 bits per heavy atom. The molecule has 0 aromatic carbocycles. The Kier molecular flexibility index (Phi) is 21.9. The number of hydrogen-bond acceptors (Lipinski definition) is 0. The first-order chi connectivity index (χ1) is 25.8. The molecule has 308 valence electrons. The molecule has 0 bridgehead atoms. The van der Waals surface area contributed by atoms with Crippen LogP contribution in [-0.2, 0) is 13.5 Å². The molecule has 7 rings (SSSR count). The van der Waals surface area contributed by atoms with Gasteiger partial charge in [0.2, 0.25) is 0 Å². The number of halogens is 2. The number of rotatable bonds is 8. The maximum absolute atomic E-state index is 5.97. The molecule has 0 aromatic heterocycles. The summed E-state index contributed by atoms with van der Waals surface area (Å²) < 4.78 is 3.37. The van der Waals surface area contributed by atoms with E-state index in [2.05, 4.69) is 30.0 Å². The molecule has 0 spiro atoms. The van der Waals surface area contributed by atoms with Crippen molar-refractivity contribution in [3.05, 3.63) is 16.8 Å². The molecule has 7 aliphatic rings. The minimum atomic E-state index is -1.79. The summed E-state index contributed by atoms with van der Waals surface area (Å²) in [6.07, 6.45) is 55.0. The second-order valence-electron chi connectivity index (χ2n) is 19.9. The van der Waals surface area contributed by atoms with Gasteiger partial charge in [-0.05, 0) is 154 Å². The van der Waals surface area contributed by atoms with Gasteiger partial charge in [0.25, 0.3) is 0 Å². The normalized spacial score (nSPS) is 25.8. The van der Waals surface area contributed by atoms with E-state index in [1.165, 1.54) is 70.4 Å². The van der Waals surface area contributed by atoms with Gasteiger partial charge >= 0.3 is 107 Å². The van der Waals surface area contributed by atoms with Crippen LogP contribution in [0.15, 0.2) is 16.8 Å². The van der Waals surface area contributed by atoms with Crippen LogP contribution in [0.4, 0.5) is 0 Å². The zero-order valence-electron chi connectivity index (χ0n) is 35.2. The summed E-state index contributed by atoms with van der Waals surface area (Å²) in [4.78, 5) is 0. The standard InChI is InChI=1S/2C18H33P.C11H18Si.2ClH.Ru/c2*1-4-10-16(11-5-1)19(17-12-6-2-7-13-17)18-14-8-3-9-15-18;1-10(12(2,3)4)11-8-6-5-7-9-11;;;/h2*16-18H,1-15H2;8H,5-7,9H2,2-4H3;2*1H;/q;;;;;+2. The van der Waals surface area contributed by atoms with Crippen molar-refractivity contribution in [2.24, 2.45) is 0 Å². The minimum absolute atomic E-state index is 0.0465. The van der Waals surface area contributed by atoms with Gasteiger partial charge in [-0.2, -0.15) is 0 Å². The van der Waals surface area contributed by atoms with Crippen LogP contribution in [0.2, 0.25) is 19.6 Å². The van der Waals surface area contributed by atoms with Crippen LogP contribution in [0.25, 0.3) is 0 Å². The number of allylic oxidation sites excluding steroid dienone is 3. The summed E-state index contributed by atoms with van der Waals surface area (Å²) in [5, 5.41) is 1.39. The van der Waals surface area contributed by atoms with Crippen molar-refractivity contribution in [1.82, 2.24) is 0 Å². The van der Waals surface area contributed by atoms with Crippen LogP contribution in [-0.4, -0.2) is 46.3 Å². The summed E-state index contributed by atoms with van der Waals surface area (Å²) in [7, 11) is 10.5. The molecule has 0 amide bonds. The fraction of sp³-hybridized carbons (Fsp3) is 0.915. The van der Waals surface area contributed by atoms with Crippen LogP contribution in [0.1, 0.15) is 218 Å².